The maximum Gasteiger partial charge on any atom is 0.330 e. The molecule has 2 aromatic carbocycles. The highest BCUT2D eigenvalue weighted by molar-refractivity contribution is 5.95. The van der Waals surface area contributed by atoms with Crippen molar-refractivity contribution in [2.45, 2.75) is 19.4 Å². The predicted molar refractivity (Wildman–Crippen MR) is 102 cm³/mol. The predicted octanol–water partition coefficient (Wildman–Crippen LogP) is 2.78. The van der Waals surface area contributed by atoms with Crippen LogP contribution in [0.4, 0.5) is 5.69 Å². The number of amidine groups is 1. The van der Waals surface area contributed by atoms with Gasteiger partial charge >= 0.3 is 5.97 Å². The molecule has 0 aromatic heterocycles. The molecule has 0 saturated carbocycles. The summed E-state index contributed by atoms with van der Waals surface area (Å²) in [6.07, 6.45) is 6.01. The summed E-state index contributed by atoms with van der Waals surface area (Å²) in [6, 6.07) is 11.1. The number of aliphatic carboxylic acids is 1. The molecular weight excluding hydrogens is 330 g/mol. The van der Waals surface area contributed by atoms with Crippen molar-refractivity contribution < 1.29 is 14.6 Å². The van der Waals surface area contributed by atoms with Gasteiger partial charge in [0.1, 0.15) is 18.2 Å². The molecule has 2 aromatic rings. The third-order valence-corrected chi connectivity index (χ3v) is 3.86. The van der Waals surface area contributed by atoms with Gasteiger partial charge in [-0.3, -0.25) is 5.41 Å². The van der Waals surface area contributed by atoms with Crippen molar-refractivity contribution in [1.29, 1.82) is 5.41 Å². The number of anilines is 1. The number of carboxylic acids is 1. The van der Waals surface area contributed by atoms with Crippen molar-refractivity contribution >= 4 is 17.5 Å². The number of nitrogens with one attached hydrogen (secondary N) is 2. The molecular formula is C20H21N3O3. The molecule has 6 heteroatoms. The molecule has 0 aliphatic carbocycles. The molecule has 0 spiro atoms. The van der Waals surface area contributed by atoms with Crippen LogP contribution in [0.5, 0.6) is 5.75 Å². The van der Waals surface area contributed by atoms with Crippen molar-refractivity contribution in [2.24, 2.45) is 5.73 Å². The zero-order valence-corrected chi connectivity index (χ0v) is 14.5. The van der Waals surface area contributed by atoms with Gasteiger partial charge in [-0.15, -0.1) is 6.42 Å². The van der Waals surface area contributed by atoms with Crippen molar-refractivity contribution in [3.05, 3.63) is 59.2 Å². The highest BCUT2D eigenvalue weighted by Crippen LogP contribution is 2.30. The molecule has 0 aliphatic rings. The van der Waals surface area contributed by atoms with E-state index < -0.39 is 12.0 Å². The lowest BCUT2D eigenvalue weighted by atomic mass is 10.0. The van der Waals surface area contributed by atoms with Crippen LogP contribution in [-0.4, -0.2) is 23.5 Å². The average molecular weight is 351 g/mol. The van der Waals surface area contributed by atoms with Gasteiger partial charge < -0.3 is 20.9 Å². The highest BCUT2D eigenvalue weighted by Gasteiger charge is 2.24. The maximum atomic E-state index is 11.9. The minimum absolute atomic E-state index is 0.0491. The quantitative estimate of drug-likeness (QED) is 0.332. The molecule has 0 heterocycles. The van der Waals surface area contributed by atoms with Crippen LogP contribution in [0.1, 0.15) is 29.7 Å². The Morgan fingerprint density at radius 1 is 1.35 bits per heavy atom. The molecule has 1 unspecified atom stereocenters. The molecule has 0 aliphatic heterocycles. The molecule has 26 heavy (non-hydrogen) atoms. The lowest BCUT2D eigenvalue weighted by molar-refractivity contribution is -0.138. The average Bonchev–Trinajstić information content (AvgIpc) is 2.64. The Bertz CT molecular complexity index is 838. The fourth-order valence-corrected chi connectivity index (χ4v) is 2.48. The van der Waals surface area contributed by atoms with Crippen molar-refractivity contribution in [3.8, 4) is 18.1 Å². The van der Waals surface area contributed by atoms with Crippen molar-refractivity contribution in [2.75, 3.05) is 11.9 Å². The van der Waals surface area contributed by atoms with Crippen molar-refractivity contribution in [3.63, 3.8) is 0 Å². The first-order valence-corrected chi connectivity index (χ1v) is 8.09. The van der Waals surface area contributed by atoms with Gasteiger partial charge in [-0.2, -0.15) is 0 Å². The Balaban J connectivity index is 2.38. The van der Waals surface area contributed by atoms with Gasteiger partial charge in [-0.25, -0.2) is 4.79 Å². The number of nitrogens with two attached hydrogens (primary N) is 1. The molecule has 1 atom stereocenters. The van der Waals surface area contributed by atoms with Gasteiger partial charge in [0.25, 0.3) is 0 Å². The van der Waals surface area contributed by atoms with Crippen LogP contribution in [0.3, 0.4) is 0 Å². The van der Waals surface area contributed by atoms with Crippen LogP contribution >= 0.6 is 0 Å². The maximum absolute atomic E-state index is 11.9. The molecule has 0 radical (unpaired) electrons. The Labute approximate surface area is 152 Å². The molecule has 2 rings (SSSR count). The molecule has 134 valence electrons. The van der Waals surface area contributed by atoms with E-state index in [-0.39, 0.29) is 12.4 Å². The Morgan fingerprint density at radius 2 is 2.04 bits per heavy atom. The number of rotatable bonds is 8. The molecule has 0 bridgehead atoms. The van der Waals surface area contributed by atoms with E-state index in [4.69, 9.17) is 22.3 Å². The summed E-state index contributed by atoms with van der Waals surface area (Å²) in [5.41, 5.74) is 8.09. The largest absolute Gasteiger partial charge is 0.481 e. The number of ether oxygens (including phenoxy) is 1. The fraction of sp³-hybridized carbons (Fsp3) is 0.200. The summed E-state index contributed by atoms with van der Waals surface area (Å²) in [6.45, 7) is 2.04. The van der Waals surface area contributed by atoms with Gasteiger partial charge in [0, 0.05) is 16.8 Å². The second-order valence-corrected chi connectivity index (χ2v) is 5.63. The van der Waals surface area contributed by atoms with Crippen LogP contribution in [-0.2, 0) is 11.2 Å². The topological polar surface area (TPSA) is 108 Å². The number of terminal acetylenes is 1. The first-order chi connectivity index (χ1) is 12.5. The van der Waals surface area contributed by atoms with Crippen LogP contribution in [0, 0.1) is 17.8 Å². The number of hydrogen-bond acceptors (Lipinski definition) is 4. The third kappa shape index (κ3) is 4.54. The fourth-order valence-electron chi connectivity index (χ4n) is 2.48. The summed E-state index contributed by atoms with van der Waals surface area (Å²) in [4.78, 5) is 11.9. The van der Waals surface area contributed by atoms with Gasteiger partial charge in [0.15, 0.2) is 6.04 Å². The van der Waals surface area contributed by atoms with E-state index in [0.717, 1.165) is 12.0 Å². The van der Waals surface area contributed by atoms with E-state index in [1.807, 2.05) is 19.1 Å². The number of benzene rings is 2. The van der Waals surface area contributed by atoms with Gasteiger partial charge in [-0.05, 0) is 48.4 Å². The molecule has 6 nitrogen and oxygen atoms in total. The number of nitrogen functional groups attached to an aromatic ring is 1. The first-order valence-electron chi connectivity index (χ1n) is 8.09. The number of carbonyl (C=O) groups is 1. The standard InChI is InChI=1S/C20H21N3O3/c1-3-11-26-17-10-5-13(4-2)12-16(17)18(20(24)25)23-15-8-6-14(7-9-15)19(21)22/h1,5-10,12,18,23H,4,11H2,2H3,(H3,21,22)(H,24,25). The van der Waals surface area contributed by atoms with E-state index >= 15 is 0 Å². The van der Waals surface area contributed by atoms with Crippen LogP contribution in [0.25, 0.3) is 0 Å². The highest BCUT2D eigenvalue weighted by atomic mass is 16.5. The van der Waals surface area contributed by atoms with Gasteiger partial charge in [-0.1, -0.05) is 18.9 Å². The minimum atomic E-state index is -1.04. The Hall–Kier alpha value is -3.46. The van der Waals surface area contributed by atoms with Crippen LogP contribution in [0.2, 0.25) is 0 Å². The summed E-state index contributed by atoms with van der Waals surface area (Å²) in [7, 11) is 0. The zero-order valence-electron chi connectivity index (χ0n) is 14.5. The van der Waals surface area contributed by atoms with E-state index in [1.54, 1.807) is 30.3 Å². The summed E-state index contributed by atoms with van der Waals surface area (Å²) in [5.74, 6) is 1.72. The second-order valence-electron chi connectivity index (χ2n) is 5.63. The number of hydrogen-bond donors (Lipinski definition) is 4. The van der Waals surface area contributed by atoms with E-state index in [9.17, 15) is 9.90 Å². The summed E-state index contributed by atoms with van der Waals surface area (Å²) in [5, 5.41) is 20.1. The van der Waals surface area contributed by atoms with Gasteiger partial charge in [0.2, 0.25) is 0 Å². The monoisotopic (exact) mass is 351 g/mol. The second kappa shape index (κ2) is 8.58. The normalized spacial score (nSPS) is 11.2. The first kappa shape index (κ1) is 18.9. The Kier molecular flexibility index (Phi) is 6.23. The number of aryl methyl sites for hydroxylation is 1. The van der Waals surface area contributed by atoms with E-state index in [1.165, 1.54) is 0 Å². The SMILES string of the molecule is C#CCOc1ccc(CC)cc1C(Nc1ccc(C(=N)N)cc1)C(=O)O. The van der Waals surface area contributed by atoms with Crippen LogP contribution in [0.15, 0.2) is 42.5 Å². The summed E-state index contributed by atoms with van der Waals surface area (Å²) < 4.78 is 5.52. The third-order valence-electron chi connectivity index (χ3n) is 3.86. The van der Waals surface area contributed by atoms with E-state index in [2.05, 4.69) is 11.2 Å². The number of carboxylic acid groups (broad SMARTS) is 1. The van der Waals surface area contributed by atoms with Crippen molar-refractivity contribution in [1.82, 2.24) is 0 Å². The summed E-state index contributed by atoms with van der Waals surface area (Å²) >= 11 is 0. The van der Waals surface area contributed by atoms with Gasteiger partial charge in [0.05, 0.1) is 0 Å². The van der Waals surface area contributed by atoms with Crippen LogP contribution < -0.4 is 15.8 Å². The minimum Gasteiger partial charge on any atom is -0.481 e. The smallest absolute Gasteiger partial charge is 0.330 e. The molecule has 0 saturated heterocycles. The zero-order chi connectivity index (χ0) is 19.1. The molecule has 0 fully saturated rings. The lowest BCUT2D eigenvalue weighted by Gasteiger charge is -2.20. The van der Waals surface area contributed by atoms with E-state index in [0.29, 0.717) is 22.6 Å². The molecule has 5 N–H and O–H groups in total. The Morgan fingerprint density at radius 3 is 2.58 bits per heavy atom. The lowest BCUT2D eigenvalue weighted by Crippen LogP contribution is -2.22. The molecule has 0 amide bonds.